The number of rotatable bonds is 4. The fraction of sp³-hybridized carbons (Fsp3) is 0.188. The molecule has 0 radical (unpaired) electrons. The molecule has 4 aromatic heterocycles. The molecule has 0 bridgehead atoms. The lowest BCUT2D eigenvalue weighted by Crippen LogP contribution is -1.96. The molecule has 0 amide bonds. The minimum absolute atomic E-state index is 0.528. The molecule has 6 nitrogen and oxygen atoms in total. The van der Waals surface area contributed by atoms with Crippen LogP contribution >= 0.6 is 23.1 Å². The lowest BCUT2D eigenvalue weighted by molar-refractivity contribution is 0.413. The van der Waals surface area contributed by atoms with Crippen molar-refractivity contribution in [3.63, 3.8) is 0 Å². The molecule has 0 saturated carbocycles. The van der Waals surface area contributed by atoms with Crippen molar-refractivity contribution < 1.29 is 8.94 Å². The standard InChI is InChI=1S/C16H14N4O2S2/c1-8-9(2)24-15-13(8)14(17)18-16(19-15)23-7-10-6-12(22-20-10)11-4-3-5-21-11/h3-6H,7H2,1-2H3,(H2,17,18,19). The largest absolute Gasteiger partial charge is 0.461 e. The Bertz CT molecular complexity index is 1000. The van der Waals surface area contributed by atoms with Gasteiger partial charge in [0.05, 0.1) is 17.3 Å². The lowest BCUT2D eigenvalue weighted by atomic mass is 10.2. The maximum absolute atomic E-state index is 6.10. The number of anilines is 1. The van der Waals surface area contributed by atoms with E-state index in [1.807, 2.05) is 25.1 Å². The molecule has 4 heterocycles. The van der Waals surface area contributed by atoms with E-state index in [1.54, 1.807) is 17.6 Å². The third kappa shape index (κ3) is 2.67. The van der Waals surface area contributed by atoms with Crippen LogP contribution in [0.2, 0.25) is 0 Å². The molecule has 0 aliphatic heterocycles. The smallest absolute Gasteiger partial charge is 0.202 e. The van der Waals surface area contributed by atoms with Gasteiger partial charge < -0.3 is 14.7 Å². The third-order valence-electron chi connectivity index (χ3n) is 3.71. The molecule has 122 valence electrons. The molecule has 0 fully saturated rings. The molecule has 0 aliphatic carbocycles. The fourth-order valence-electron chi connectivity index (χ4n) is 2.38. The Kier molecular flexibility index (Phi) is 3.78. The van der Waals surface area contributed by atoms with Gasteiger partial charge in [0, 0.05) is 16.7 Å². The molecule has 2 N–H and O–H groups in total. The number of nitrogens with two attached hydrogens (primary N) is 1. The van der Waals surface area contributed by atoms with Gasteiger partial charge in [-0.25, -0.2) is 9.97 Å². The zero-order valence-electron chi connectivity index (χ0n) is 13.1. The summed E-state index contributed by atoms with van der Waals surface area (Å²) in [6, 6.07) is 5.49. The Labute approximate surface area is 146 Å². The van der Waals surface area contributed by atoms with Crippen molar-refractivity contribution in [2.45, 2.75) is 24.8 Å². The van der Waals surface area contributed by atoms with Crippen molar-refractivity contribution in [2.24, 2.45) is 0 Å². The summed E-state index contributed by atoms with van der Waals surface area (Å²) >= 11 is 3.12. The summed E-state index contributed by atoms with van der Waals surface area (Å²) in [7, 11) is 0. The van der Waals surface area contributed by atoms with E-state index in [1.165, 1.54) is 16.6 Å². The molecular formula is C16H14N4O2S2. The monoisotopic (exact) mass is 358 g/mol. The van der Waals surface area contributed by atoms with E-state index in [9.17, 15) is 0 Å². The number of thioether (sulfide) groups is 1. The average Bonchev–Trinajstić information content (AvgIpc) is 3.27. The van der Waals surface area contributed by atoms with Gasteiger partial charge in [-0.1, -0.05) is 16.9 Å². The van der Waals surface area contributed by atoms with Gasteiger partial charge in [0.2, 0.25) is 5.76 Å². The van der Waals surface area contributed by atoms with Crippen LogP contribution in [0.15, 0.2) is 38.6 Å². The number of aromatic nitrogens is 3. The van der Waals surface area contributed by atoms with E-state index in [0.29, 0.717) is 28.2 Å². The van der Waals surface area contributed by atoms with E-state index >= 15 is 0 Å². The first kappa shape index (κ1) is 15.2. The molecule has 8 heteroatoms. The first-order chi connectivity index (χ1) is 11.6. The first-order valence-electron chi connectivity index (χ1n) is 7.27. The fourth-order valence-corrected chi connectivity index (χ4v) is 4.20. The molecule has 4 rings (SSSR count). The number of furan rings is 1. The number of hydrogen-bond donors (Lipinski definition) is 1. The minimum Gasteiger partial charge on any atom is -0.461 e. The van der Waals surface area contributed by atoms with E-state index < -0.39 is 0 Å². The van der Waals surface area contributed by atoms with Crippen LogP contribution in [-0.2, 0) is 5.75 Å². The number of fused-ring (bicyclic) bond motifs is 1. The second kappa shape index (κ2) is 5.95. The van der Waals surface area contributed by atoms with E-state index in [2.05, 4.69) is 22.0 Å². The average molecular weight is 358 g/mol. The summed E-state index contributed by atoms with van der Waals surface area (Å²) in [6.07, 6.45) is 1.60. The predicted molar refractivity (Wildman–Crippen MR) is 95.1 cm³/mol. The highest BCUT2D eigenvalue weighted by atomic mass is 32.2. The zero-order chi connectivity index (χ0) is 16.7. The van der Waals surface area contributed by atoms with E-state index in [0.717, 1.165) is 21.5 Å². The van der Waals surface area contributed by atoms with Crippen LogP contribution in [0.1, 0.15) is 16.1 Å². The second-order valence-electron chi connectivity index (χ2n) is 5.30. The zero-order valence-corrected chi connectivity index (χ0v) is 14.7. The van der Waals surface area contributed by atoms with Crippen molar-refractivity contribution in [1.29, 1.82) is 0 Å². The SMILES string of the molecule is Cc1sc2nc(SCc3cc(-c4ccco4)on3)nc(N)c2c1C. The Hall–Kier alpha value is -2.32. The topological polar surface area (TPSA) is 91.0 Å². The summed E-state index contributed by atoms with van der Waals surface area (Å²) in [5, 5.41) is 5.65. The molecule has 0 spiro atoms. The predicted octanol–water partition coefficient (Wildman–Crippen LogP) is 4.43. The van der Waals surface area contributed by atoms with Gasteiger partial charge in [0.1, 0.15) is 10.6 Å². The highest BCUT2D eigenvalue weighted by molar-refractivity contribution is 7.98. The van der Waals surface area contributed by atoms with Crippen molar-refractivity contribution in [2.75, 3.05) is 5.73 Å². The molecule has 0 aliphatic rings. The Balaban J connectivity index is 1.55. The molecule has 4 aromatic rings. The van der Waals surface area contributed by atoms with Gasteiger partial charge in [0.15, 0.2) is 10.9 Å². The lowest BCUT2D eigenvalue weighted by Gasteiger charge is -2.01. The first-order valence-corrected chi connectivity index (χ1v) is 9.07. The normalized spacial score (nSPS) is 11.4. The van der Waals surface area contributed by atoms with Crippen molar-refractivity contribution in [1.82, 2.24) is 15.1 Å². The number of nitrogens with zero attached hydrogens (tertiary/aromatic N) is 3. The van der Waals surface area contributed by atoms with Gasteiger partial charge in [-0.2, -0.15) is 0 Å². The highest BCUT2D eigenvalue weighted by Gasteiger charge is 2.14. The summed E-state index contributed by atoms with van der Waals surface area (Å²) in [6.45, 7) is 4.12. The number of hydrogen-bond acceptors (Lipinski definition) is 8. The highest BCUT2D eigenvalue weighted by Crippen LogP contribution is 2.34. The molecule has 0 aromatic carbocycles. The van der Waals surface area contributed by atoms with Crippen LogP contribution in [-0.4, -0.2) is 15.1 Å². The van der Waals surface area contributed by atoms with Gasteiger partial charge in [-0.05, 0) is 31.5 Å². The molecule has 0 unspecified atom stereocenters. The van der Waals surface area contributed by atoms with Crippen molar-refractivity contribution in [3.05, 3.63) is 40.6 Å². The van der Waals surface area contributed by atoms with Crippen LogP contribution in [0.25, 0.3) is 21.7 Å². The van der Waals surface area contributed by atoms with Gasteiger partial charge in [-0.15, -0.1) is 11.3 Å². The Morgan fingerprint density at radius 1 is 1.25 bits per heavy atom. The summed E-state index contributed by atoms with van der Waals surface area (Å²) in [5.74, 6) is 2.39. The quantitative estimate of drug-likeness (QED) is 0.426. The van der Waals surface area contributed by atoms with Crippen LogP contribution in [0.5, 0.6) is 0 Å². The summed E-state index contributed by atoms with van der Waals surface area (Å²) in [4.78, 5) is 11.2. The van der Waals surface area contributed by atoms with Crippen LogP contribution in [0.4, 0.5) is 5.82 Å². The molecular weight excluding hydrogens is 344 g/mol. The molecule has 24 heavy (non-hydrogen) atoms. The minimum atomic E-state index is 0.528. The Morgan fingerprint density at radius 2 is 2.12 bits per heavy atom. The Morgan fingerprint density at radius 3 is 2.92 bits per heavy atom. The molecule has 0 saturated heterocycles. The van der Waals surface area contributed by atoms with Gasteiger partial charge in [-0.3, -0.25) is 0 Å². The van der Waals surface area contributed by atoms with Gasteiger partial charge >= 0.3 is 0 Å². The summed E-state index contributed by atoms with van der Waals surface area (Å²) in [5.41, 5.74) is 8.06. The summed E-state index contributed by atoms with van der Waals surface area (Å²) < 4.78 is 10.6. The number of nitrogen functional groups attached to an aromatic ring is 1. The van der Waals surface area contributed by atoms with Gasteiger partial charge in [0.25, 0.3) is 0 Å². The third-order valence-corrected chi connectivity index (χ3v) is 5.69. The maximum atomic E-state index is 6.10. The number of thiophene rings is 1. The van der Waals surface area contributed by atoms with Crippen molar-refractivity contribution >= 4 is 39.1 Å². The van der Waals surface area contributed by atoms with E-state index in [-0.39, 0.29) is 0 Å². The number of aryl methyl sites for hydroxylation is 2. The second-order valence-corrected chi connectivity index (χ2v) is 7.45. The maximum Gasteiger partial charge on any atom is 0.202 e. The van der Waals surface area contributed by atoms with Crippen LogP contribution < -0.4 is 5.73 Å². The molecule has 0 atom stereocenters. The van der Waals surface area contributed by atoms with E-state index in [4.69, 9.17) is 14.7 Å². The van der Waals surface area contributed by atoms with Crippen LogP contribution in [0.3, 0.4) is 0 Å². The van der Waals surface area contributed by atoms with Crippen molar-refractivity contribution in [3.8, 4) is 11.5 Å². The van der Waals surface area contributed by atoms with Crippen LogP contribution in [0, 0.1) is 13.8 Å².